The molecule has 0 aliphatic carbocycles. The Kier molecular flexibility index (Phi) is 6.26. The first-order chi connectivity index (χ1) is 11.1. The molecule has 0 spiro atoms. The Morgan fingerprint density at radius 3 is 2.70 bits per heavy atom. The van der Waals surface area contributed by atoms with E-state index in [9.17, 15) is 0 Å². The number of aliphatic imine (C=N–C) groups is 1. The zero-order valence-corrected chi connectivity index (χ0v) is 13.9. The van der Waals surface area contributed by atoms with Gasteiger partial charge in [-0.2, -0.15) is 0 Å². The van der Waals surface area contributed by atoms with Gasteiger partial charge in [0.2, 0.25) is 0 Å². The molecule has 2 rings (SSSR count). The molecule has 3 N–H and O–H groups in total. The van der Waals surface area contributed by atoms with Gasteiger partial charge >= 0.3 is 0 Å². The van der Waals surface area contributed by atoms with Crippen molar-refractivity contribution in [3.63, 3.8) is 0 Å². The van der Waals surface area contributed by atoms with Gasteiger partial charge in [0.05, 0.1) is 20.3 Å². The minimum Gasteiger partial charge on any atom is -0.496 e. The molecule has 0 saturated carbocycles. The summed E-state index contributed by atoms with van der Waals surface area (Å²) in [5.41, 5.74) is 8.77. The molecule has 0 aromatic heterocycles. The zero-order valence-electron chi connectivity index (χ0n) is 13.2. The first-order valence-electron chi connectivity index (χ1n) is 7.10. The molecular formula is C17H20ClN3O2. The fraction of sp³-hybridized carbons (Fsp3) is 0.235. The molecule has 23 heavy (non-hydrogen) atoms. The van der Waals surface area contributed by atoms with E-state index in [0.29, 0.717) is 29.9 Å². The van der Waals surface area contributed by atoms with E-state index in [1.165, 1.54) is 0 Å². The molecule has 0 saturated heterocycles. The van der Waals surface area contributed by atoms with E-state index in [4.69, 9.17) is 26.8 Å². The van der Waals surface area contributed by atoms with E-state index in [1.54, 1.807) is 26.4 Å². The van der Waals surface area contributed by atoms with Crippen LogP contribution in [0.2, 0.25) is 5.02 Å². The number of nitrogens with one attached hydrogen (secondary N) is 1. The van der Waals surface area contributed by atoms with Crippen LogP contribution in [0.15, 0.2) is 47.5 Å². The van der Waals surface area contributed by atoms with Crippen molar-refractivity contribution in [2.24, 2.45) is 10.7 Å². The second-order valence-corrected chi connectivity index (χ2v) is 5.31. The summed E-state index contributed by atoms with van der Waals surface area (Å²) in [4.78, 5) is 4.35. The highest BCUT2D eigenvalue weighted by Crippen LogP contribution is 2.23. The predicted molar refractivity (Wildman–Crippen MR) is 94.1 cm³/mol. The van der Waals surface area contributed by atoms with Crippen LogP contribution in [0.4, 0.5) is 5.69 Å². The Bertz CT molecular complexity index is 689. The molecule has 0 fully saturated rings. The SMILES string of the molecule is COCc1ccccc1NC(N)=NCc1ccc(Cl)cc1OC. The molecular weight excluding hydrogens is 314 g/mol. The third-order valence-corrected chi connectivity index (χ3v) is 3.48. The topological polar surface area (TPSA) is 68.9 Å². The summed E-state index contributed by atoms with van der Waals surface area (Å²) in [6.07, 6.45) is 0. The lowest BCUT2D eigenvalue weighted by Gasteiger charge is -2.11. The van der Waals surface area contributed by atoms with Crippen molar-refractivity contribution in [3.8, 4) is 5.75 Å². The van der Waals surface area contributed by atoms with Gasteiger partial charge in [-0.1, -0.05) is 35.9 Å². The molecule has 2 aromatic rings. The minimum atomic E-state index is 0.325. The number of anilines is 1. The van der Waals surface area contributed by atoms with Crippen LogP contribution in [0.5, 0.6) is 5.75 Å². The number of para-hydroxylation sites is 1. The fourth-order valence-corrected chi connectivity index (χ4v) is 2.28. The molecule has 5 nitrogen and oxygen atoms in total. The number of hydrogen-bond donors (Lipinski definition) is 2. The molecule has 0 aliphatic rings. The van der Waals surface area contributed by atoms with Crippen molar-refractivity contribution in [1.82, 2.24) is 0 Å². The minimum absolute atomic E-state index is 0.325. The Morgan fingerprint density at radius 2 is 1.96 bits per heavy atom. The van der Waals surface area contributed by atoms with Crippen LogP contribution in [0.3, 0.4) is 0 Å². The van der Waals surface area contributed by atoms with Crippen LogP contribution < -0.4 is 15.8 Å². The second-order valence-electron chi connectivity index (χ2n) is 4.87. The van der Waals surface area contributed by atoms with Crippen molar-refractivity contribution in [2.75, 3.05) is 19.5 Å². The predicted octanol–water partition coefficient (Wildman–Crippen LogP) is 3.42. The maximum absolute atomic E-state index is 5.97. The monoisotopic (exact) mass is 333 g/mol. The summed E-state index contributed by atoms with van der Waals surface area (Å²) in [7, 11) is 3.25. The van der Waals surface area contributed by atoms with Crippen LogP contribution in [-0.2, 0) is 17.9 Å². The molecule has 0 aliphatic heterocycles. The maximum Gasteiger partial charge on any atom is 0.193 e. The molecule has 6 heteroatoms. The molecule has 0 radical (unpaired) electrons. The van der Waals surface area contributed by atoms with Gasteiger partial charge in [-0.05, 0) is 18.2 Å². The van der Waals surface area contributed by atoms with E-state index < -0.39 is 0 Å². The molecule has 0 heterocycles. The Morgan fingerprint density at radius 1 is 1.17 bits per heavy atom. The lowest BCUT2D eigenvalue weighted by atomic mass is 10.2. The summed E-state index contributed by atoms with van der Waals surface area (Å²) in [6.45, 7) is 0.896. The van der Waals surface area contributed by atoms with Crippen LogP contribution in [-0.4, -0.2) is 20.2 Å². The molecule has 0 bridgehead atoms. The van der Waals surface area contributed by atoms with Crippen LogP contribution in [0, 0.1) is 0 Å². The highest BCUT2D eigenvalue weighted by Gasteiger charge is 2.05. The van der Waals surface area contributed by atoms with Crippen molar-refractivity contribution in [1.29, 1.82) is 0 Å². The number of benzene rings is 2. The maximum atomic E-state index is 5.97. The number of rotatable bonds is 6. The lowest BCUT2D eigenvalue weighted by molar-refractivity contribution is 0.185. The summed E-state index contributed by atoms with van der Waals surface area (Å²) >= 11 is 5.95. The van der Waals surface area contributed by atoms with E-state index in [0.717, 1.165) is 16.8 Å². The number of hydrogen-bond acceptors (Lipinski definition) is 3. The average Bonchev–Trinajstić information content (AvgIpc) is 2.55. The van der Waals surface area contributed by atoms with Crippen molar-refractivity contribution >= 4 is 23.2 Å². The lowest BCUT2D eigenvalue weighted by Crippen LogP contribution is -2.23. The van der Waals surface area contributed by atoms with Crippen LogP contribution >= 0.6 is 11.6 Å². The van der Waals surface area contributed by atoms with Gasteiger partial charge in [0.1, 0.15) is 5.75 Å². The van der Waals surface area contributed by atoms with Gasteiger partial charge in [0, 0.05) is 28.9 Å². The first-order valence-corrected chi connectivity index (χ1v) is 7.48. The van der Waals surface area contributed by atoms with Gasteiger partial charge in [-0.15, -0.1) is 0 Å². The normalized spacial score (nSPS) is 11.3. The van der Waals surface area contributed by atoms with Gasteiger partial charge in [0.15, 0.2) is 5.96 Å². The van der Waals surface area contributed by atoms with E-state index in [-0.39, 0.29) is 0 Å². The Labute approximate surface area is 141 Å². The van der Waals surface area contributed by atoms with Crippen LogP contribution in [0.1, 0.15) is 11.1 Å². The summed E-state index contributed by atoms with van der Waals surface area (Å²) in [5, 5.41) is 3.71. The molecule has 2 aromatic carbocycles. The fourth-order valence-electron chi connectivity index (χ4n) is 2.12. The Balaban J connectivity index is 2.09. The number of halogens is 1. The zero-order chi connectivity index (χ0) is 16.7. The van der Waals surface area contributed by atoms with Gasteiger partial charge in [-0.25, -0.2) is 4.99 Å². The van der Waals surface area contributed by atoms with Crippen molar-refractivity contribution < 1.29 is 9.47 Å². The molecule has 0 atom stereocenters. The number of guanidine groups is 1. The van der Waals surface area contributed by atoms with Gasteiger partial charge in [0.25, 0.3) is 0 Å². The number of nitrogens with zero attached hydrogens (tertiary/aromatic N) is 1. The van der Waals surface area contributed by atoms with Gasteiger partial charge in [-0.3, -0.25) is 0 Å². The highest BCUT2D eigenvalue weighted by atomic mass is 35.5. The van der Waals surface area contributed by atoms with E-state index >= 15 is 0 Å². The molecule has 122 valence electrons. The number of methoxy groups -OCH3 is 2. The average molecular weight is 334 g/mol. The first kappa shape index (κ1) is 17.1. The summed E-state index contributed by atoms with van der Waals surface area (Å²) in [6, 6.07) is 13.2. The quantitative estimate of drug-likeness (QED) is 0.627. The van der Waals surface area contributed by atoms with E-state index in [1.807, 2.05) is 30.3 Å². The van der Waals surface area contributed by atoms with Crippen molar-refractivity contribution in [3.05, 3.63) is 58.6 Å². The van der Waals surface area contributed by atoms with Gasteiger partial charge < -0.3 is 20.5 Å². The third kappa shape index (κ3) is 4.87. The number of nitrogens with two attached hydrogens (primary N) is 1. The standard InChI is InChI=1S/C17H20ClN3O2/c1-22-11-13-5-3-4-6-15(13)21-17(19)20-10-12-7-8-14(18)9-16(12)23-2/h3-9H,10-11H2,1-2H3,(H3,19,20,21). The molecule has 0 unspecified atom stereocenters. The Hall–Kier alpha value is -2.24. The second kappa shape index (κ2) is 8.41. The summed E-state index contributed by atoms with van der Waals surface area (Å²) in [5.74, 6) is 1.01. The third-order valence-electron chi connectivity index (χ3n) is 3.25. The highest BCUT2D eigenvalue weighted by molar-refractivity contribution is 6.30. The van der Waals surface area contributed by atoms with Crippen LogP contribution in [0.25, 0.3) is 0 Å². The largest absolute Gasteiger partial charge is 0.496 e. The smallest absolute Gasteiger partial charge is 0.193 e. The molecule has 0 amide bonds. The number of ether oxygens (including phenoxy) is 2. The van der Waals surface area contributed by atoms with Crippen molar-refractivity contribution in [2.45, 2.75) is 13.2 Å². The summed E-state index contributed by atoms with van der Waals surface area (Å²) < 4.78 is 10.5. The van der Waals surface area contributed by atoms with E-state index in [2.05, 4.69) is 10.3 Å².